The highest BCUT2D eigenvalue weighted by atomic mass is 35.5. The molecule has 1 saturated heterocycles. The van der Waals surface area contributed by atoms with Crippen molar-refractivity contribution in [2.75, 3.05) is 31.5 Å². The van der Waals surface area contributed by atoms with Gasteiger partial charge in [-0.25, -0.2) is 9.97 Å². The highest BCUT2D eigenvalue weighted by molar-refractivity contribution is 6.32. The molecule has 1 aromatic rings. The van der Waals surface area contributed by atoms with E-state index >= 15 is 0 Å². The minimum Gasteiger partial charge on any atom is -0.369 e. The molecule has 1 fully saturated rings. The molecule has 0 aromatic carbocycles. The van der Waals surface area contributed by atoms with Gasteiger partial charge >= 0.3 is 0 Å². The van der Waals surface area contributed by atoms with Crippen LogP contribution in [0.1, 0.15) is 35.4 Å². The van der Waals surface area contributed by atoms with Crippen LogP contribution in [0.15, 0.2) is 0 Å². The maximum Gasteiger partial charge on any atom is 0.156 e. The number of aromatic nitrogens is 2. The summed E-state index contributed by atoms with van der Waals surface area (Å²) in [6, 6.07) is 0. The lowest BCUT2D eigenvalue weighted by Gasteiger charge is -2.15. The van der Waals surface area contributed by atoms with Gasteiger partial charge in [0.2, 0.25) is 0 Å². The Balaban J connectivity index is 1.86. The molecular weight excluding hydrogens is 264 g/mol. The van der Waals surface area contributed by atoms with Crippen LogP contribution in [0.3, 0.4) is 0 Å². The van der Waals surface area contributed by atoms with Crippen molar-refractivity contribution in [3.05, 3.63) is 16.5 Å². The summed E-state index contributed by atoms with van der Waals surface area (Å²) in [7, 11) is 0. The Hall–Kier alpha value is -1.20. The van der Waals surface area contributed by atoms with Crippen molar-refractivity contribution >= 4 is 23.7 Å². The van der Waals surface area contributed by atoms with Gasteiger partial charge in [-0.15, -0.1) is 0 Å². The monoisotopic (exact) mass is 282 g/mol. The zero-order valence-corrected chi connectivity index (χ0v) is 11.9. The van der Waals surface area contributed by atoms with Crippen LogP contribution in [0.4, 0.5) is 5.82 Å². The molecule has 2 heterocycles. The van der Waals surface area contributed by atoms with Gasteiger partial charge in [0.25, 0.3) is 0 Å². The fourth-order valence-electron chi connectivity index (χ4n) is 2.30. The highest BCUT2D eigenvalue weighted by Gasteiger charge is 2.12. The van der Waals surface area contributed by atoms with Gasteiger partial charge in [-0.05, 0) is 45.8 Å². The molecule has 1 aliphatic rings. The summed E-state index contributed by atoms with van der Waals surface area (Å²) in [6.07, 6.45) is 4.34. The Morgan fingerprint density at radius 1 is 1.37 bits per heavy atom. The average Bonchev–Trinajstić information content (AvgIpc) is 2.87. The maximum absolute atomic E-state index is 11.0. The van der Waals surface area contributed by atoms with E-state index < -0.39 is 0 Å². The number of rotatable bonds is 6. The fraction of sp³-hybridized carbons (Fsp3) is 0.615. The standard InChI is InChI=1S/C13H19ClN4O/c1-10-16-12(14)11(9-19)13(17-10)15-5-4-8-18-6-2-3-7-18/h9H,2-8H2,1H3,(H,15,16,17). The summed E-state index contributed by atoms with van der Waals surface area (Å²) in [5.41, 5.74) is 0.341. The van der Waals surface area contributed by atoms with E-state index in [4.69, 9.17) is 11.6 Å². The average molecular weight is 283 g/mol. The number of aldehydes is 1. The minimum atomic E-state index is 0.213. The van der Waals surface area contributed by atoms with Gasteiger partial charge in [0, 0.05) is 6.54 Å². The number of halogens is 1. The first kappa shape index (κ1) is 14.2. The van der Waals surface area contributed by atoms with Gasteiger partial charge in [0.1, 0.15) is 16.8 Å². The number of nitrogens with one attached hydrogen (secondary N) is 1. The molecule has 0 bridgehead atoms. The number of nitrogens with zero attached hydrogens (tertiary/aromatic N) is 3. The number of carbonyl (C=O) groups excluding carboxylic acids is 1. The first-order chi connectivity index (χ1) is 9.20. The Morgan fingerprint density at radius 2 is 2.11 bits per heavy atom. The Kier molecular flexibility index (Phi) is 5.10. The number of likely N-dealkylation sites (tertiary alicyclic amines) is 1. The number of hydrogen-bond donors (Lipinski definition) is 1. The number of carbonyl (C=O) groups is 1. The van der Waals surface area contributed by atoms with Crippen LogP contribution < -0.4 is 5.32 Å². The van der Waals surface area contributed by atoms with Crippen molar-refractivity contribution in [3.8, 4) is 0 Å². The third-order valence-corrected chi connectivity index (χ3v) is 3.56. The Labute approximate surface area is 118 Å². The topological polar surface area (TPSA) is 58.1 Å². The zero-order valence-electron chi connectivity index (χ0n) is 11.2. The van der Waals surface area contributed by atoms with Gasteiger partial charge in [-0.1, -0.05) is 11.6 Å². The smallest absolute Gasteiger partial charge is 0.156 e. The molecule has 19 heavy (non-hydrogen) atoms. The van der Waals surface area contributed by atoms with Crippen molar-refractivity contribution in [2.24, 2.45) is 0 Å². The molecule has 0 radical (unpaired) electrons. The zero-order chi connectivity index (χ0) is 13.7. The van der Waals surface area contributed by atoms with Gasteiger partial charge in [0.15, 0.2) is 6.29 Å². The van der Waals surface area contributed by atoms with E-state index in [1.165, 1.54) is 25.9 Å². The van der Waals surface area contributed by atoms with Crippen LogP contribution in [-0.2, 0) is 0 Å². The van der Waals surface area contributed by atoms with Crippen molar-refractivity contribution < 1.29 is 4.79 Å². The van der Waals surface area contributed by atoms with E-state index in [1.807, 2.05) is 0 Å². The molecule has 0 amide bonds. The Morgan fingerprint density at radius 3 is 2.79 bits per heavy atom. The van der Waals surface area contributed by atoms with E-state index in [2.05, 4.69) is 20.2 Å². The van der Waals surface area contributed by atoms with Crippen molar-refractivity contribution in [3.63, 3.8) is 0 Å². The fourth-order valence-corrected chi connectivity index (χ4v) is 2.56. The largest absolute Gasteiger partial charge is 0.369 e. The van der Waals surface area contributed by atoms with Gasteiger partial charge in [-0.2, -0.15) is 0 Å². The van der Waals surface area contributed by atoms with Gasteiger partial charge < -0.3 is 10.2 Å². The molecule has 6 heteroatoms. The summed E-state index contributed by atoms with van der Waals surface area (Å²) in [5, 5.41) is 3.39. The predicted octanol–water partition coefficient (Wildman–Crippen LogP) is 2.15. The molecule has 0 aliphatic carbocycles. The lowest BCUT2D eigenvalue weighted by Crippen LogP contribution is -2.22. The summed E-state index contributed by atoms with van der Waals surface area (Å²) < 4.78 is 0. The summed E-state index contributed by atoms with van der Waals surface area (Å²) >= 11 is 5.92. The lowest BCUT2D eigenvalue weighted by molar-refractivity contribution is 0.112. The van der Waals surface area contributed by atoms with Crippen LogP contribution in [0, 0.1) is 6.92 Å². The van der Waals surface area contributed by atoms with E-state index in [0.29, 0.717) is 23.5 Å². The quantitative estimate of drug-likeness (QED) is 0.492. The second kappa shape index (κ2) is 6.82. The minimum absolute atomic E-state index is 0.213. The van der Waals surface area contributed by atoms with E-state index in [0.717, 1.165) is 19.5 Å². The van der Waals surface area contributed by atoms with Gasteiger partial charge in [-0.3, -0.25) is 4.79 Å². The SMILES string of the molecule is Cc1nc(Cl)c(C=O)c(NCCCN2CCCC2)n1. The predicted molar refractivity (Wildman–Crippen MR) is 75.9 cm³/mol. The molecule has 104 valence electrons. The first-order valence-corrected chi connectivity index (χ1v) is 7.04. The molecule has 2 rings (SSSR count). The van der Waals surface area contributed by atoms with Crippen LogP contribution in [0.25, 0.3) is 0 Å². The van der Waals surface area contributed by atoms with Crippen LogP contribution in [-0.4, -0.2) is 47.3 Å². The summed E-state index contributed by atoms with van der Waals surface area (Å²) in [4.78, 5) is 21.6. The van der Waals surface area contributed by atoms with E-state index in [9.17, 15) is 4.79 Å². The van der Waals surface area contributed by atoms with E-state index in [-0.39, 0.29) is 5.15 Å². The van der Waals surface area contributed by atoms with Crippen LogP contribution in [0.2, 0.25) is 5.15 Å². The molecule has 5 nitrogen and oxygen atoms in total. The summed E-state index contributed by atoms with van der Waals surface area (Å²) in [5.74, 6) is 1.10. The normalized spacial score (nSPS) is 15.7. The van der Waals surface area contributed by atoms with Crippen molar-refractivity contribution in [1.82, 2.24) is 14.9 Å². The number of aryl methyl sites for hydroxylation is 1. The number of hydrogen-bond acceptors (Lipinski definition) is 5. The van der Waals surface area contributed by atoms with Crippen LogP contribution in [0.5, 0.6) is 0 Å². The molecule has 0 atom stereocenters. The second-order valence-corrected chi connectivity index (χ2v) is 5.13. The Bertz CT molecular complexity index is 447. The van der Waals surface area contributed by atoms with Gasteiger partial charge in [0.05, 0.1) is 5.56 Å². The lowest BCUT2D eigenvalue weighted by atomic mass is 10.3. The number of anilines is 1. The van der Waals surface area contributed by atoms with Crippen molar-refractivity contribution in [2.45, 2.75) is 26.2 Å². The van der Waals surface area contributed by atoms with Crippen LogP contribution >= 0.6 is 11.6 Å². The summed E-state index contributed by atoms with van der Waals surface area (Å²) in [6.45, 7) is 6.04. The molecule has 1 aliphatic heterocycles. The maximum atomic E-state index is 11.0. The molecule has 0 spiro atoms. The molecule has 1 N–H and O–H groups in total. The third kappa shape index (κ3) is 3.88. The molecule has 0 saturated carbocycles. The first-order valence-electron chi connectivity index (χ1n) is 6.66. The van der Waals surface area contributed by atoms with E-state index in [1.54, 1.807) is 6.92 Å². The second-order valence-electron chi connectivity index (χ2n) is 4.77. The van der Waals surface area contributed by atoms with Crippen molar-refractivity contribution in [1.29, 1.82) is 0 Å². The molecule has 1 aromatic heterocycles. The molecule has 0 unspecified atom stereocenters. The molecular formula is C13H19ClN4O. The highest BCUT2D eigenvalue weighted by Crippen LogP contribution is 2.18. The third-order valence-electron chi connectivity index (χ3n) is 3.27.